The minimum atomic E-state index is -3.17. The summed E-state index contributed by atoms with van der Waals surface area (Å²) in [5.74, 6) is -0.309. The smallest absolute Gasteiger partial charge is 0.275 e. The molecule has 1 saturated carbocycles. The molecule has 0 bridgehead atoms. The van der Waals surface area contributed by atoms with E-state index in [0.29, 0.717) is 23.6 Å². The summed E-state index contributed by atoms with van der Waals surface area (Å²) in [6.45, 7) is 0.368. The Balaban J connectivity index is 1.66. The zero-order valence-electron chi connectivity index (χ0n) is 15.3. The van der Waals surface area contributed by atoms with Crippen LogP contribution in [0.4, 0.5) is 5.69 Å². The fourth-order valence-corrected chi connectivity index (χ4v) is 5.99. The van der Waals surface area contributed by atoms with Crippen LogP contribution in [0.3, 0.4) is 0 Å². The maximum atomic E-state index is 12.7. The van der Waals surface area contributed by atoms with Gasteiger partial charge in [-0.05, 0) is 30.5 Å². The summed E-state index contributed by atoms with van der Waals surface area (Å²) < 4.78 is 30.3. The van der Waals surface area contributed by atoms with Crippen LogP contribution in [-0.2, 0) is 26.9 Å². The van der Waals surface area contributed by atoms with Crippen LogP contribution in [0.5, 0.6) is 0 Å². The number of ether oxygens (including phenoxy) is 1. The molecular weight excluding hydrogens is 384 g/mol. The normalized spacial score (nSPS) is 15.6. The molecule has 27 heavy (non-hydrogen) atoms. The van der Waals surface area contributed by atoms with Gasteiger partial charge in [0.15, 0.2) is 9.84 Å². The zero-order valence-corrected chi connectivity index (χ0v) is 16.9. The molecule has 0 aliphatic heterocycles. The third kappa shape index (κ3) is 5.37. The van der Waals surface area contributed by atoms with Crippen molar-refractivity contribution in [3.05, 3.63) is 45.9 Å². The summed E-state index contributed by atoms with van der Waals surface area (Å²) in [6, 6.07) is 7.02. The number of anilines is 1. The molecule has 6 nitrogen and oxygen atoms in total. The highest BCUT2D eigenvalue weighted by molar-refractivity contribution is 7.91. The van der Waals surface area contributed by atoms with E-state index < -0.39 is 9.84 Å². The minimum Gasteiger partial charge on any atom is -0.378 e. The summed E-state index contributed by atoms with van der Waals surface area (Å²) in [4.78, 5) is 16.6. The largest absolute Gasteiger partial charge is 0.378 e. The second-order valence-corrected chi connectivity index (χ2v) is 10.0. The number of thiazole rings is 1. The molecule has 1 aromatic heterocycles. The molecule has 0 atom stereocenters. The maximum absolute atomic E-state index is 12.7. The summed E-state index contributed by atoms with van der Waals surface area (Å²) in [6.07, 6.45) is 4.60. The summed E-state index contributed by atoms with van der Waals surface area (Å²) in [5, 5.41) is 4.96. The van der Waals surface area contributed by atoms with Gasteiger partial charge in [0.05, 0.1) is 17.6 Å². The standard InChI is InChI=1S/C19H24N2O4S2/c1-25-11-18-21-17(12-26-18)19(22)20-15-7-5-6-14(10-15)13-27(23,24)16-8-3-2-4-9-16/h5-7,10,12,16H,2-4,8-9,11,13H2,1H3,(H,20,22). The highest BCUT2D eigenvalue weighted by Crippen LogP contribution is 2.26. The monoisotopic (exact) mass is 408 g/mol. The molecule has 1 aliphatic carbocycles. The van der Waals surface area contributed by atoms with E-state index in [1.165, 1.54) is 11.3 Å². The van der Waals surface area contributed by atoms with E-state index in [0.717, 1.165) is 37.1 Å². The lowest BCUT2D eigenvalue weighted by atomic mass is 10.0. The van der Waals surface area contributed by atoms with Crippen LogP contribution in [0.15, 0.2) is 29.6 Å². The predicted molar refractivity (Wildman–Crippen MR) is 107 cm³/mol. The Hall–Kier alpha value is -1.77. The van der Waals surface area contributed by atoms with Crippen molar-refractivity contribution in [1.29, 1.82) is 0 Å². The number of sulfone groups is 1. The third-order valence-electron chi connectivity index (χ3n) is 4.66. The molecule has 2 aromatic rings. The average molecular weight is 409 g/mol. The zero-order chi connectivity index (χ0) is 19.3. The van der Waals surface area contributed by atoms with E-state index in [-0.39, 0.29) is 16.9 Å². The number of amides is 1. The van der Waals surface area contributed by atoms with Crippen molar-refractivity contribution in [2.45, 2.75) is 49.7 Å². The Kier molecular flexibility index (Phi) is 6.62. The number of carbonyl (C=O) groups excluding carboxylic acids is 1. The van der Waals surface area contributed by atoms with Crippen LogP contribution >= 0.6 is 11.3 Å². The minimum absolute atomic E-state index is 0.00999. The quantitative estimate of drug-likeness (QED) is 0.753. The second kappa shape index (κ2) is 8.95. The van der Waals surface area contributed by atoms with Crippen molar-refractivity contribution in [3.8, 4) is 0 Å². The number of nitrogens with zero attached hydrogens (tertiary/aromatic N) is 1. The van der Waals surface area contributed by atoms with Crippen molar-refractivity contribution in [3.63, 3.8) is 0 Å². The average Bonchev–Trinajstić information content (AvgIpc) is 3.12. The van der Waals surface area contributed by atoms with Gasteiger partial charge in [-0.3, -0.25) is 4.79 Å². The van der Waals surface area contributed by atoms with E-state index in [9.17, 15) is 13.2 Å². The first kappa shape index (κ1) is 20.0. The van der Waals surface area contributed by atoms with E-state index >= 15 is 0 Å². The van der Waals surface area contributed by atoms with E-state index in [4.69, 9.17) is 4.74 Å². The third-order valence-corrected chi connectivity index (χ3v) is 7.71. The first-order valence-electron chi connectivity index (χ1n) is 9.03. The van der Waals surface area contributed by atoms with Crippen LogP contribution in [0.25, 0.3) is 0 Å². The maximum Gasteiger partial charge on any atom is 0.275 e. The second-order valence-electron chi connectivity index (χ2n) is 6.78. The van der Waals surface area contributed by atoms with E-state index in [2.05, 4.69) is 10.3 Å². The fourth-order valence-electron chi connectivity index (χ4n) is 3.31. The molecule has 0 spiro atoms. The molecule has 1 aliphatic rings. The molecule has 0 unspecified atom stereocenters. The highest BCUT2D eigenvalue weighted by Gasteiger charge is 2.27. The van der Waals surface area contributed by atoms with Crippen molar-refractivity contribution in [2.75, 3.05) is 12.4 Å². The lowest BCUT2D eigenvalue weighted by molar-refractivity contribution is 0.102. The molecular formula is C19H24N2O4S2. The Morgan fingerprint density at radius 1 is 1.30 bits per heavy atom. The van der Waals surface area contributed by atoms with Crippen molar-refractivity contribution in [1.82, 2.24) is 4.98 Å². The van der Waals surface area contributed by atoms with E-state index in [1.807, 2.05) is 0 Å². The first-order valence-corrected chi connectivity index (χ1v) is 11.6. The van der Waals surface area contributed by atoms with Crippen molar-refractivity contribution >= 4 is 32.8 Å². The predicted octanol–water partition coefficient (Wildman–Crippen LogP) is 3.79. The highest BCUT2D eigenvalue weighted by atomic mass is 32.2. The number of hydrogen-bond acceptors (Lipinski definition) is 6. The number of carbonyl (C=O) groups is 1. The SMILES string of the molecule is COCc1nc(C(=O)Nc2cccc(CS(=O)(=O)C3CCCCC3)c2)cs1. The van der Waals surface area contributed by atoms with Gasteiger partial charge in [0.2, 0.25) is 0 Å². The Morgan fingerprint density at radius 3 is 2.81 bits per heavy atom. The number of rotatable bonds is 7. The first-order chi connectivity index (χ1) is 13.0. The van der Waals surface area contributed by atoms with Gasteiger partial charge in [0.25, 0.3) is 5.91 Å². The van der Waals surface area contributed by atoms with Crippen molar-refractivity contribution < 1.29 is 17.9 Å². The molecule has 1 aromatic carbocycles. The molecule has 1 heterocycles. The Bertz CT molecular complexity index is 887. The van der Waals surface area contributed by atoms with Crippen LogP contribution in [0.2, 0.25) is 0 Å². The number of hydrogen-bond donors (Lipinski definition) is 1. The van der Waals surface area contributed by atoms with Crippen LogP contribution < -0.4 is 5.32 Å². The Morgan fingerprint density at radius 2 is 2.07 bits per heavy atom. The molecule has 0 saturated heterocycles. The summed E-state index contributed by atoms with van der Waals surface area (Å²) in [7, 11) is -1.60. The van der Waals surface area contributed by atoms with Gasteiger partial charge in [-0.15, -0.1) is 11.3 Å². The van der Waals surface area contributed by atoms with Crippen LogP contribution in [-0.4, -0.2) is 31.7 Å². The van der Waals surface area contributed by atoms with Crippen molar-refractivity contribution in [2.24, 2.45) is 0 Å². The topological polar surface area (TPSA) is 85.4 Å². The van der Waals surface area contributed by atoms with Gasteiger partial charge in [0.1, 0.15) is 10.7 Å². The van der Waals surface area contributed by atoms with Gasteiger partial charge in [-0.1, -0.05) is 31.4 Å². The molecule has 146 valence electrons. The number of methoxy groups -OCH3 is 1. The van der Waals surface area contributed by atoms with Gasteiger partial charge in [-0.25, -0.2) is 13.4 Å². The lowest BCUT2D eigenvalue weighted by Crippen LogP contribution is -2.25. The van der Waals surface area contributed by atoms with Gasteiger partial charge >= 0.3 is 0 Å². The van der Waals surface area contributed by atoms with Crippen LogP contribution in [0, 0.1) is 0 Å². The number of nitrogens with one attached hydrogen (secondary N) is 1. The van der Waals surface area contributed by atoms with E-state index in [1.54, 1.807) is 36.8 Å². The molecule has 3 rings (SSSR count). The summed E-state index contributed by atoms with van der Waals surface area (Å²) >= 11 is 1.36. The molecule has 1 amide bonds. The molecule has 8 heteroatoms. The lowest BCUT2D eigenvalue weighted by Gasteiger charge is -2.21. The Labute approximate surface area is 163 Å². The fraction of sp³-hybridized carbons (Fsp3) is 0.474. The molecule has 0 radical (unpaired) electrons. The summed E-state index contributed by atoms with van der Waals surface area (Å²) in [5.41, 5.74) is 1.58. The van der Waals surface area contributed by atoms with Crippen LogP contribution in [0.1, 0.15) is 53.2 Å². The van der Waals surface area contributed by atoms with Gasteiger partial charge in [-0.2, -0.15) is 0 Å². The number of aromatic nitrogens is 1. The van der Waals surface area contributed by atoms with Gasteiger partial charge in [0, 0.05) is 18.2 Å². The van der Waals surface area contributed by atoms with Gasteiger partial charge < -0.3 is 10.1 Å². The number of benzene rings is 1. The molecule has 1 fully saturated rings. The molecule has 1 N–H and O–H groups in total.